The summed E-state index contributed by atoms with van der Waals surface area (Å²) in [5.74, 6) is 1.57. The average molecular weight is 296 g/mol. The van der Waals surface area contributed by atoms with Crippen LogP contribution < -0.4 is 5.32 Å². The maximum atomic E-state index is 12.3. The molecular weight excluding hydrogens is 276 g/mol. The van der Waals surface area contributed by atoms with Crippen LogP contribution in [0.5, 0.6) is 0 Å². The smallest absolute Gasteiger partial charge is 0.176 e. The van der Waals surface area contributed by atoms with E-state index in [4.69, 9.17) is 4.98 Å². The molecule has 2 aliphatic rings. The van der Waals surface area contributed by atoms with Crippen molar-refractivity contribution in [1.29, 1.82) is 5.26 Å². The highest BCUT2D eigenvalue weighted by Crippen LogP contribution is 2.50. The molecule has 0 bridgehead atoms. The molecule has 0 saturated carbocycles. The van der Waals surface area contributed by atoms with Crippen LogP contribution in [0.1, 0.15) is 37.4 Å². The number of carbonyl (C=O) groups is 1. The Morgan fingerprint density at radius 1 is 1.45 bits per heavy atom. The van der Waals surface area contributed by atoms with Crippen LogP contribution >= 0.6 is 0 Å². The molecule has 2 aliphatic carbocycles. The first-order valence-electron chi connectivity index (χ1n) is 7.65. The first-order chi connectivity index (χ1) is 10.4. The number of rotatable bonds is 1. The minimum absolute atomic E-state index is 0.0342. The SMILES string of the molecule is CNc1nc(C)nc2c1CC[C@H]1[C@H](C)C(=O)C(C#N)=C[C@]21C. The van der Waals surface area contributed by atoms with E-state index in [2.05, 4.69) is 23.3 Å². The van der Waals surface area contributed by atoms with Crippen LogP contribution in [0.2, 0.25) is 0 Å². The topological polar surface area (TPSA) is 78.7 Å². The molecule has 0 saturated heterocycles. The van der Waals surface area contributed by atoms with E-state index >= 15 is 0 Å². The Hall–Kier alpha value is -2.22. The molecule has 1 N–H and O–H groups in total. The summed E-state index contributed by atoms with van der Waals surface area (Å²) in [5, 5.41) is 12.5. The van der Waals surface area contributed by atoms with Gasteiger partial charge in [0.05, 0.1) is 11.3 Å². The normalized spacial score (nSPS) is 30.0. The van der Waals surface area contributed by atoms with Crippen LogP contribution in [0.4, 0.5) is 5.82 Å². The highest BCUT2D eigenvalue weighted by Gasteiger charge is 2.49. The van der Waals surface area contributed by atoms with E-state index in [9.17, 15) is 10.1 Å². The van der Waals surface area contributed by atoms with Crippen LogP contribution in [0.15, 0.2) is 11.6 Å². The molecule has 114 valence electrons. The second kappa shape index (κ2) is 4.91. The molecule has 0 amide bonds. The van der Waals surface area contributed by atoms with Crippen LogP contribution in [0.25, 0.3) is 0 Å². The number of aromatic nitrogens is 2. The number of carbonyl (C=O) groups excluding carboxylic acids is 1. The summed E-state index contributed by atoms with van der Waals surface area (Å²) in [6.07, 6.45) is 3.61. The number of aryl methyl sites for hydroxylation is 1. The quantitative estimate of drug-likeness (QED) is 0.860. The van der Waals surface area contributed by atoms with Crippen molar-refractivity contribution in [2.45, 2.75) is 39.0 Å². The Bertz CT molecular complexity index is 731. The molecule has 5 nitrogen and oxygen atoms in total. The third-order valence-corrected chi connectivity index (χ3v) is 5.19. The molecule has 5 heteroatoms. The van der Waals surface area contributed by atoms with Gasteiger partial charge in [-0.3, -0.25) is 4.79 Å². The van der Waals surface area contributed by atoms with E-state index in [0.717, 1.165) is 29.9 Å². The van der Waals surface area contributed by atoms with Gasteiger partial charge in [0.2, 0.25) is 0 Å². The Kier molecular flexibility index (Phi) is 3.28. The summed E-state index contributed by atoms with van der Waals surface area (Å²) in [6.45, 7) is 5.91. The molecule has 3 atom stereocenters. The molecule has 1 heterocycles. The van der Waals surface area contributed by atoms with Crippen LogP contribution in [-0.2, 0) is 16.6 Å². The van der Waals surface area contributed by atoms with E-state index in [-0.39, 0.29) is 28.6 Å². The minimum atomic E-state index is -0.384. The van der Waals surface area contributed by atoms with Gasteiger partial charge >= 0.3 is 0 Å². The van der Waals surface area contributed by atoms with Crippen molar-refractivity contribution in [3.63, 3.8) is 0 Å². The van der Waals surface area contributed by atoms with Crippen molar-refractivity contribution in [1.82, 2.24) is 9.97 Å². The van der Waals surface area contributed by atoms with E-state index < -0.39 is 0 Å². The molecule has 3 rings (SSSR count). The monoisotopic (exact) mass is 296 g/mol. The second-order valence-corrected chi connectivity index (χ2v) is 6.45. The number of nitrogens with one attached hydrogen (secondary N) is 1. The zero-order valence-electron chi connectivity index (χ0n) is 13.4. The predicted octanol–water partition coefficient (Wildman–Crippen LogP) is 2.32. The standard InChI is InChI=1S/C17H20N4O/c1-9-13-6-5-12-15(20-10(2)21-16(12)19-4)17(13,3)7-11(8-18)14(9)22/h7,9,13H,5-6H2,1-4H3,(H,19,20,21)/t9-,13-,17-/m0/s1. The number of allylic oxidation sites excluding steroid dienone is 2. The summed E-state index contributed by atoms with van der Waals surface area (Å²) in [5.41, 5.74) is 1.96. The number of anilines is 1. The molecule has 22 heavy (non-hydrogen) atoms. The fraction of sp³-hybridized carbons (Fsp3) is 0.529. The van der Waals surface area contributed by atoms with Crippen LogP contribution in [-0.4, -0.2) is 22.8 Å². The third kappa shape index (κ3) is 1.87. The Labute approximate surface area is 130 Å². The van der Waals surface area contributed by atoms with Crippen LogP contribution in [0, 0.1) is 30.1 Å². The number of nitriles is 1. The molecule has 0 unspecified atom stereocenters. The Balaban J connectivity index is 2.28. The minimum Gasteiger partial charge on any atom is -0.373 e. The predicted molar refractivity (Wildman–Crippen MR) is 83.3 cm³/mol. The van der Waals surface area contributed by atoms with Gasteiger partial charge in [0.25, 0.3) is 0 Å². The van der Waals surface area contributed by atoms with Gasteiger partial charge in [-0.1, -0.05) is 19.9 Å². The van der Waals surface area contributed by atoms with Crippen molar-refractivity contribution in [3.05, 3.63) is 28.7 Å². The number of fused-ring (bicyclic) bond motifs is 3. The first-order valence-corrected chi connectivity index (χ1v) is 7.65. The third-order valence-electron chi connectivity index (χ3n) is 5.19. The molecule has 1 aromatic heterocycles. The number of nitrogens with zero attached hydrogens (tertiary/aromatic N) is 3. The largest absolute Gasteiger partial charge is 0.373 e. The highest BCUT2D eigenvalue weighted by atomic mass is 16.1. The Morgan fingerprint density at radius 3 is 2.82 bits per heavy atom. The van der Waals surface area contributed by atoms with Crippen molar-refractivity contribution < 1.29 is 4.79 Å². The van der Waals surface area contributed by atoms with Gasteiger partial charge in [-0.25, -0.2) is 9.97 Å². The van der Waals surface area contributed by atoms with E-state index in [1.165, 1.54) is 0 Å². The molecule has 0 aliphatic heterocycles. The molecule has 1 aromatic rings. The second-order valence-electron chi connectivity index (χ2n) is 6.45. The van der Waals surface area contributed by atoms with Gasteiger partial charge in [0.1, 0.15) is 17.7 Å². The molecular formula is C17H20N4O. The van der Waals surface area contributed by atoms with Gasteiger partial charge in [0, 0.05) is 23.9 Å². The number of hydrogen-bond donors (Lipinski definition) is 1. The fourth-order valence-electron chi connectivity index (χ4n) is 4.09. The molecule has 0 fully saturated rings. The lowest BCUT2D eigenvalue weighted by Crippen LogP contribution is -2.46. The lowest BCUT2D eigenvalue weighted by atomic mass is 9.58. The van der Waals surface area contributed by atoms with Gasteiger partial charge in [0.15, 0.2) is 5.78 Å². The molecule has 0 aromatic carbocycles. The van der Waals surface area contributed by atoms with Gasteiger partial charge in [-0.05, 0) is 25.7 Å². The maximum absolute atomic E-state index is 12.3. The fourth-order valence-corrected chi connectivity index (χ4v) is 4.09. The highest BCUT2D eigenvalue weighted by molar-refractivity contribution is 6.02. The van der Waals surface area contributed by atoms with E-state index in [0.29, 0.717) is 5.82 Å². The zero-order chi connectivity index (χ0) is 16.1. The first kappa shape index (κ1) is 14.7. The van der Waals surface area contributed by atoms with Gasteiger partial charge in [-0.15, -0.1) is 0 Å². The average Bonchev–Trinajstić information content (AvgIpc) is 2.50. The molecule has 0 spiro atoms. The van der Waals surface area contributed by atoms with E-state index in [1.807, 2.05) is 27.0 Å². The van der Waals surface area contributed by atoms with Crippen molar-refractivity contribution >= 4 is 11.6 Å². The van der Waals surface area contributed by atoms with Crippen molar-refractivity contribution in [3.8, 4) is 6.07 Å². The lowest BCUT2D eigenvalue weighted by molar-refractivity contribution is -0.121. The maximum Gasteiger partial charge on any atom is 0.176 e. The zero-order valence-corrected chi connectivity index (χ0v) is 13.4. The number of hydrogen-bond acceptors (Lipinski definition) is 5. The van der Waals surface area contributed by atoms with Crippen molar-refractivity contribution in [2.75, 3.05) is 12.4 Å². The summed E-state index contributed by atoms with van der Waals surface area (Å²) < 4.78 is 0. The lowest BCUT2D eigenvalue weighted by Gasteiger charge is -2.45. The summed E-state index contributed by atoms with van der Waals surface area (Å²) in [6, 6.07) is 2.07. The number of ketones is 1. The Morgan fingerprint density at radius 2 is 2.18 bits per heavy atom. The van der Waals surface area contributed by atoms with E-state index in [1.54, 1.807) is 0 Å². The molecule has 0 radical (unpaired) electrons. The van der Waals surface area contributed by atoms with Gasteiger partial charge in [-0.2, -0.15) is 5.26 Å². The number of Topliss-reactive ketones (excluding diaryl/α,β-unsaturated/α-hetero) is 1. The van der Waals surface area contributed by atoms with Crippen LogP contribution in [0.3, 0.4) is 0 Å². The summed E-state index contributed by atoms with van der Waals surface area (Å²) in [4.78, 5) is 21.5. The summed E-state index contributed by atoms with van der Waals surface area (Å²) in [7, 11) is 1.86. The summed E-state index contributed by atoms with van der Waals surface area (Å²) >= 11 is 0. The van der Waals surface area contributed by atoms with Crippen molar-refractivity contribution in [2.24, 2.45) is 11.8 Å². The van der Waals surface area contributed by atoms with Gasteiger partial charge < -0.3 is 5.32 Å².